The van der Waals surface area contributed by atoms with Crippen molar-refractivity contribution in [1.82, 2.24) is 14.8 Å². The molecule has 0 aliphatic carbocycles. The standard InChI is InChI=1S/C15H19N3O3S/c1-4-18-13(16-17-15(18)22-9-14(19)20)8-21-12-6-5-10(2)11(3)7-12/h5-7H,4,8-9H2,1-3H3,(H,19,20). The Morgan fingerprint density at radius 1 is 1.32 bits per heavy atom. The summed E-state index contributed by atoms with van der Waals surface area (Å²) in [4.78, 5) is 10.6. The van der Waals surface area contributed by atoms with Gasteiger partial charge in [-0.25, -0.2) is 0 Å². The Morgan fingerprint density at radius 2 is 2.09 bits per heavy atom. The van der Waals surface area contributed by atoms with Gasteiger partial charge in [0.15, 0.2) is 11.0 Å². The van der Waals surface area contributed by atoms with E-state index in [1.165, 1.54) is 11.1 Å². The molecule has 6 nitrogen and oxygen atoms in total. The highest BCUT2D eigenvalue weighted by Gasteiger charge is 2.13. The van der Waals surface area contributed by atoms with Crippen LogP contribution < -0.4 is 4.74 Å². The molecule has 0 fully saturated rings. The fourth-order valence-corrected chi connectivity index (χ4v) is 2.67. The van der Waals surface area contributed by atoms with E-state index in [1.807, 2.05) is 36.6 Å². The van der Waals surface area contributed by atoms with Crippen molar-refractivity contribution in [3.63, 3.8) is 0 Å². The quantitative estimate of drug-likeness (QED) is 0.790. The SMILES string of the molecule is CCn1c(COc2ccc(C)c(C)c2)nnc1SCC(=O)O. The smallest absolute Gasteiger partial charge is 0.313 e. The Kier molecular flexibility index (Phi) is 5.43. The molecule has 0 radical (unpaired) electrons. The third-order valence-corrected chi connectivity index (χ3v) is 4.23. The molecule has 0 saturated heterocycles. The molecule has 0 bridgehead atoms. The van der Waals surface area contributed by atoms with E-state index in [2.05, 4.69) is 17.1 Å². The van der Waals surface area contributed by atoms with Gasteiger partial charge in [0.2, 0.25) is 0 Å². The zero-order chi connectivity index (χ0) is 16.1. The van der Waals surface area contributed by atoms with Crippen molar-refractivity contribution in [2.75, 3.05) is 5.75 Å². The number of hydrogen-bond acceptors (Lipinski definition) is 5. The molecule has 0 unspecified atom stereocenters. The lowest BCUT2D eigenvalue weighted by Crippen LogP contribution is -2.08. The highest BCUT2D eigenvalue weighted by Crippen LogP contribution is 2.20. The lowest BCUT2D eigenvalue weighted by molar-refractivity contribution is -0.133. The molecule has 2 aromatic rings. The summed E-state index contributed by atoms with van der Waals surface area (Å²) in [5.74, 6) is 0.571. The first-order valence-corrected chi connectivity index (χ1v) is 7.96. The van der Waals surface area contributed by atoms with Crippen LogP contribution in [0.25, 0.3) is 0 Å². The van der Waals surface area contributed by atoms with Crippen molar-refractivity contribution in [3.05, 3.63) is 35.2 Å². The molecule has 0 atom stereocenters. The van der Waals surface area contributed by atoms with Crippen LogP contribution in [0, 0.1) is 13.8 Å². The highest BCUT2D eigenvalue weighted by atomic mass is 32.2. The zero-order valence-corrected chi connectivity index (χ0v) is 13.7. The number of aryl methyl sites for hydroxylation is 2. The van der Waals surface area contributed by atoms with Gasteiger partial charge >= 0.3 is 5.97 Å². The number of carbonyl (C=O) groups is 1. The summed E-state index contributed by atoms with van der Waals surface area (Å²) in [5.41, 5.74) is 2.39. The molecule has 1 heterocycles. The van der Waals surface area contributed by atoms with Crippen molar-refractivity contribution in [3.8, 4) is 5.75 Å². The first kappa shape index (κ1) is 16.4. The number of hydrogen-bond donors (Lipinski definition) is 1. The van der Waals surface area contributed by atoms with Crippen LogP contribution >= 0.6 is 11.8 Å². The Labute approximate surface area is 133 Å². The number of benzene rings is 1. The van der Waals surface area contributed by atoms with E-state index < -0.39 is 5.97 Å². The number of nitrogens with zero attached hydrogens (tertiary/aromatic N) is 3. The number of aliphatic carboxylic acids is 1. The van der Waals surface area contributed by atoms with Gasteiger partial charge in [-0.15, -0.1) is 10.2 Å². The molecular weight excluding hydrogens is 302 g/mol. The topological polar surface area (TPSA) is 77.2 Å². The molecule has 0 aliphatic rings. The summed E-state index contributed by atoms with van der Waals surface area (Å²) < 4.78 is 7.63. The van der Waals surface area contributed by atoms with Gasteiger partial charge in [-0.05, 0) is 44.0 Å². The third kappa shape index (κ3) is 4.00. The van der Waals surface area contributed by atoms with Gasteiger partial charge in [-0.1, -0.05) is 17.8 Å². The molecular formula is C15H19N3O3S. The first-order valence-electron chi connectivity index (χ1n) is 6.98. The van der Waals surface area contributed by atoms with Gasteiger partial charge in [0.05, 0.1) is 5.75 Å². The number of aromatic nitrogens is 3. The Bertz CT molecular complexity index is 670. The first-order chi connectivity index (χ1) is 10.5. The fourth-order valence-electron chi connectivity index (χ4n) is 1.93. The molecule has 118 valence electrons. The van der Waals surface area contributed by atoms with Crippen LogP contribution in [0.1, 0.15) is 23.9 Å². The van der Waals surface area contributed by atoms with Gasteiger partial charge in [-0.3, -0.25) is 4.79 Å². The molecule has 22 heavy (non-hydrogen) atoms. The van der Waals surface area contributed by atoms with E-state index in [4.69, 9.17) is 9.84 Å². The second-order valence-corrected chi connectivity index (χ2v) is 5.80. The Morgan fingerprint density at radius 3 is 2.73 bits per heavy atom. The molecule has 1 N–H and O–H groups in total. The Hall–Kier alpha value is -2.02. The van der Waals surface area contributed by atoms with Crippen LogP contribution in [0.3, 0.4) is 0 Å². The minimum atomic E-state index is -0.872. The van der Waals surface area contributed by atoms with E-state index in [-0.39, 0.29) is 5.75 Å². The van der Waals surface area contributed by atoms with Crippen LogP contribution in [-0.2, 0) is 17.9 Å². The van der Waals surface area contributed by atoms with Crippen LogP contribution in [0.4, 0.5) is 0 Å². The fraction of sp³-hybridized carbons (Fsp3) is 0.400. The third-order valence-electron chi connectivity index (χ3n) is 3.28. The van der Waals surface area contributed by atoms with Crippen molar-refractivity contribution >= 4 is 17.7 Å². The lowest BCUT2D eigenvalue weighted by Gasteiger charge is -2.09. The number of ether oxygens (including phenoxy) is 1. The summed E-state index contributed by atoms with van der Waals surface area (Å²) in [5, 5.41) is 17.5. The minimum Gasteiger partial charge on any atom is -0.486 e. The second kappa shape index (κ2) is 7.31. The van der Waals surface area contributed by atoms with Crippen molar-refractivity contribution < 1.29 is 14.6 Å². The highest BCUT2D eigenvalue weighted by molar-refractivity contribution is 7.99. The van der Waals surface area contributed by atoms with Crippen LogP contribution in [0.5, 0.6) is 5.75 Å². The zero-order valence-electron chi connectivity index (χ0n) is 12.9. The van der Waals surface area contributed by atoms with E-state index in [9.17, 15) is 4.79 Å². The number of thioether (sulfide) groups is 1. The summed E-state index contributed by atoms with van der Waals surface area (Å²) >= 11 is 1.16. The Balaban J connectivity index is 2.06. The van der Waals surface area contributed by atoms with E-state index >= 15 is 0 Å². The molecule has 0 aliphatic heterocycles. The maximum absolute atomic E-state index is 10.6. The van der Waals surface area contributed by atoms with Gasteiger partial charge in [0.25, 0.3) is 0 Å². The van der Waals surface area contributed by atoms with Crippen molar-refractivity contribution in [2.45, 2.75) is 39.1 Å². The number of rotatable bonds is 7. The summed E-state index contributed by atoms with van der Waals surface area (Å²) in [6, 6.07) is 5.93. The molecule has 0 spiro atoms. The maximum Gasteiger partial charge on any atom is 0.313 e. The van der Waals surface area contributed by atoms with Crippen LogP contribution in [0.15, 0.2) is 23.4 Å². The van der Waals surface area contributed by atoms with Crippen molar-refractivity contribution in [1.29, 1.82) is 0 Å². The normalized spacial score (nSPS) is 10.7. The predicted molar refractivity (Wildman–Crippen MR) is 84.3 cm³/mol. The molecule has 1 aromatic carbocycles. The maximum atomic E-state index is 10.6. The number of carboxylic acids is 1. The summed E-state index contributed by atoms with van der Waals surface area (Å²) in [6.45, 7) is 7.03. The van der Waals surface area contributed by atoms with Crippen LogP contribution in [-0.4, -0.2) is 31.6 Å². The molecule has 0 saturated carbocycles. The van der Waals surface area contributed by atoms with E-state index in [1.54, 1.807) is 0 Å². The lowest BCUT2D eigenvalue weighted by atomic mass is 10.1. The number of carboxylic acid groups (broad SMARTS) is 1. The van der Waals surface area contributed by atoms with E-state index in [0.717, 1.165) is 17.5 Å². The van der Waals surface area contributed by atoms with Gasteiger partial charge < -0.3 is 14.4 Å². The van der Waals surface area contributed by atoms with Crippen LogP contribution in [0.2, 0.25) is 0 Å². The van der Waals surface area contributed by atoms with Gasteiger partial charge in [0.1, 0.15) is 12.4 Å². The van der Waals surface area contributed by atoms with E-state index in [0.29, 0.717) is 24.1 Å². The largest absolute Gasteiger partial charge is 0.486 e. The minimum absolute atomic E-state index is 0.0316. The molecule has 0 amide bonds. The summed E-state index contributed by atoms with van der Waals surface area (Å²) in [7, 11) is 0. The van der Waals surface area contributed by atoms with Crippen molar-refractivity contribution in [2.24, 2.45) is 0 Å². The second-order valence-electron chi connectivity index (χ2n) is 4.86. The molecule has 2 rings (SSSR count). The predicted octanol–water partition coefficient (Wildman–Crippen LogP) is 2.67. The van der Waals surface area contributed by atoms with Gasteiger partial charge in [-0.2, -0.15) is 0 Å². The average Bonchev–Trinajstić information content (AvgIpc) is 2.88. The summed E-state index contributed by atoms with van der Waals surface area (Å²) in [6.07, 6.45) is 0. The van der Waals surface area contributed by atoms with Gasteiger partial charge in [0, 0.05) is 6.54 Å². The molecule has 7 heteroatoms. The molecule has 1 aromatic heterocycles. The monoisotopic (exact) mass is 321 g/mol. The average molecular weight is 321 g/mol.